The molecule has 0 aromatic rings. The molecule has 0 aliphatic heterocycles. The zero-order valence-corrected chi connectivity index (χ0v) is 9.57. The van der Waals surface area contributed by atoms with E-state index >= 15 is 0 Å². The predicted molar refractivity (Wildman–Crippen MR) is 42.1 cm³/mol. The van der Waals surface area contributed by atoms with Crippen LogP contribution in [0.25, 0.3) is 0 Å². The Balaban J connectivity index is 4.40. The van der Waals surface area contributed by atoms with Gasteiger partial charge in [-0.3, -0.25) is 4.79 Å². The molecule has 14 heavy (non-hydrogen) atoms. The molecule has 0 fully saturated rings. The van der Waals surface area contributed by atoms with E-state index in [9.17, 15) is 31.1 Å². The maximum absolute atomic E-state index is 11.8. The first-order valence-corrected chi connectivity index (χ1v) is 6.49. The van der Waals surface area contributed by atoms with E-state index in [1.54, 1.807) is 0 Å². The van der Waals surface area contributed by atoms with Crippen LogP contribution in [-0.2, 0) is 4.79 Å². The first-order chi connectivity index (χ1) is 6.01. The number of alkyl halides is 6. The van der Waals surface area contributed by atoms with Crippen LogP contribution in [-0.4, -0.2) is 36.5 Å². The highest BCUT2D eigenvalue weighted by Gasteiger charge is 2.42. The minimum absolute atomic E-state index is 1.47. The molecule has 0 aromatic carbocycles. The standard InChI is InChI=1S/C4H7F6NOSi2/c5-3(6,7)13-2(1(11)12)14-4(8,9)10/h2H,13-14H2,(H2,11,12). The Morgan fingerprint density at radius 2 is 1.29 bits per heavy atom. The summed E-state index contributed by atoms with van der Waals surface area (Å²) in [5, 5.41) is -1.96. The number of carbonyl (C=O) groups excluding carboxylic acids is 1. The summed E-state index contributed by atoms with van der Waals surface area (Å²) in [6.45, 7) is 0. The first-order valence-electron chi connectivity index (χ1n) is 3.44. The molecule has 0 rings (SSSR count). The molecule has 0 unspecified atom stereocenters. The van der Waals surface area contributed by atoms with Crippen molar-refractivity contribution in [3.05, 3.63) is 0 Å². The van der Waals surface area contributed by atoms with Crippen LogP contribution in [0.3, 0.4) is 0 Å². The normalized spacial score (nSPS) is 17.0. The van der Waals surface area contributed by atoms with E-state index in [-0.39, 0.29) is 0 Å². The minimum atomic E-state index is -4.65. The van der Waals surface area contributed by atoms with Gasteiger partial charge >= 0.3 is 11.6 Å². The summed E-state index contributed by atoms with van der Waals surface area (Å²) in [7, 11) is -6.19. The van der Waals surface area contributed by atoms with E-state index in [0.717, 1.165) is 0 Å². The molecule has 1 amide bonds. The maximum atomic E-state index is 11.8. The molecule has 0 saturated carbocycles. The van der Waals surface area contributed by atoms with Crippen molar-refractivity contribution in [2.24, 2.45) is 5.73 Å². The SMILES string of the molecule is NC(=O)C([SiH2]C(F)(F)F)[SiH2]C(F)(F)F. The summed E-state index contributed by atoms with van der Waals surface area (Å²) in [5.41, 5.74) is 4.48. The Labute approximate surface area is 79.5 Å². The molecule has 10 heteroatoms. The summed E-state index contributed by atoms with van der Waals surface area (Å²) < 4.78 is 70.5. The highest BCUT2D eigenvalue weighted by molar-refractivity contribution is 6.67. The number of nitrogens with two attached hydrogens (primary N) is 1. The van der Waals surface area contributed by atoms with Crippen molar-refractivity contribution >= 4 is 24.9 Å². The Morgan fingerprint density at radius 3 is 1.43 bits per heavy atom. The van der Waals surface area contributed by atoms with Crippen molar-refractivity contribution in [1.29, 1.82) is 0 Å². The number of amides is 1. The van der Waals surface area contributed by atoms with Gasteiger partial charge in [0.15, 0.2) is 19.0 Å². The maximum Gasteiger partial charge on any atom is 0.355 e. The quantitative estimate of drug-likeness (QED) is 0.541. The molecule has 84 valence electrons. The van der Waals surface area contributed by atoms with Gasteiger partial charge in [0.2, 0.25) is 5.91 Å². The van der Waals surface area contributed by atoms with Crippen LogP contribution < -0.4 is 5.73 Å². The lowest BCUT2D eigenvalue weighted by molar-refractivity contribution is -0.118. The van der Waals surface area contributed by atoms with Gasteiger partial charge in [0.25, 0.3) is 0 Å². The Hall–Kier alpha value is -0.516. The third-order valence-corrected chi connectivity index (χ3v) is 5.81. The summed E-state index contributed by atoms with van der Waals surface area (Å²) in [4.78, 5) is 10.3. The summed E-state index contributed by atoms with van der Waals surface area (Å²) in [6, 6.07) is 0. The van der Waals surface area contributed by atoms with Crippen LogP contribution in [0.5, 0.6) is 0 Å². The van der Waals surface area contributed by atoms with Crippen molar-refractivity contribution in [3.63, 3.8) is 0 Å². The number of hydrogen-bond acceptors (Lipinski definition) is 1. The zero-order valence-electron chi connectivity index (χ0n) is 6.74. The number of primary amides is 1. The van der Waals surface area contributed by atoms with Crippen LogP contribution in [0.15, 0.2) is 0 Å². The van der Waals surface area contributed by atoms with Crippen LogP contribution in [0, 0.1) is 0 Å². The van der Waals surface area contributed by atoms with Crippen molar-refractivity contribution < 1.29 is 31.1 Å². The van der Waals surface area contributed by atoms with Crippen LogP contribution in [0.4, 0.5) is 26.3 Å². The van der Waals surface area contributed by atoms with Gasteiger partial charge in [-0.05, 0) is 0 Å². The van der Waals surface area contributed by atoms with Crippen LogP contribution in [0.2, 0.25) is 5.16 Å². The van der Waals surface area contributed by atoms with Gasteiger partial charge in [-0.25, -0.2) is 0 Å². The van der Waals surface area contributed by atoms with Gasteiger partial charge < -0.3 is 5.73 Å². The summed E-state index contributed by atoms with van der Waals surface area (Å²) in [5.74, 6) is -10.8. The lowest BCUT2D eigenvalue weighted by atomic mass is 10.7. The first kappa shape index (κ1) is 13.5. The highest BCUT2D eigenvalue weighted by Crippen LogP contribution is 2.24. The minimum Gasteiger partial charge on any atom is -0.370 e. The lowest BCUT2D eigenvalue weighted by Crippen LogP contribution is -2.40. The van der Waals surface area contributed by atoms with Gasteiger partial charge in [0.1, 0.15) is 0 Å². The van der Waals surface area contributed by atoms with Crippen molar-refractivity contribution in [2.45, 2.75) is 16.8 Å². The molecule has 0 aliphatic rings. The molecule has 0 radical (unpaired) electrons. The summed E-state index contributed by atoms with van der Waals surface area (Å²) >= 11 is 0. The molecule has 2 nitrogen and oxygen atoms in total. The van der Waals surface area contributed by atoms with E-state index < -0.39 is 41.7 Å². The topological polar surface area (TPSA) is 43.1 Å². The second kappa shape index (κ2) is 4.34. The molecular weight excluding hydrogens is 248 g/mol. The fourth-order valence-electron chi connectivity index (χ4n) is 0.832. The monoisotopic (exact) mass is 255 g/mol. The fraction of sp³-hybridized carbons (Fsp3) is 0.750. The molecule has 0 atom stereocenters. The average molecular weight is 255 g/mol. The number of halogens is 6. The highest BCUT2D eigenvalue weighted by atomic mass is 28.3. The molecular formula is C4H7F6NOSi2. The van der Waals surface area contributed by atoms with E-state index in [1.165, 1.54) is 0 Å². The molecule has 0 spiro atoms. The third-order valence-electron chi connectivity index (χ3n) is 1.36. The molecule has 2 N–H and O–H groups in total. The third kappa shape index (κ3) is 6.94. The molecule has 0 aromatic heterocycles. The molecule has 0 bridgehead atoms. The zero-order chi connectivity index (χ0) is 11.6. The number of carbonyl (C=O) groups is 1. The Kier molecular flexibility index (Phi) is 4.18. The van der Waals surface area contributed by atoms with Gasteiger partial charge in [0.05, 0.1) is 0 Å². The predicted octanol–water partition coefficient (Wildman–Crippen LogP) is -0.405. The van der Waals surface area contributed by atoms with E-state index in [2.05, 4.69) is 5.73 Å². The number of hydrogen-bond donors (Lipinski definition) is 1. The largest absolute Gasteiger partial charge is 0.370 e. The summed E-state index contributed by atoms with van der Waals surface area (Å²) in [6.07, 6.45) is 0. The smallest absolute Gasteiger partial charge is 0.355 e. The second-order valence-corrected chi connectivity index (χ2v) is 8.28. The number of rotatable bonds is 3. The Morgan fingerprint density at radius 1 is 1.00 bits per heavy atom. The van der Waals surface area contributed by atoms with Crippen LogP contribution in [0.1, 0.15) is 0 Å². The van der Waals surface area contributed by atoms with Crippen molar-refractivity contribution in [3.8, 4) is 0 Å². The van der Waals surface area contributed by atoms with E-state index in [0.29, 0.717) is 0 Å². The van der Waals surface area contributed by atoms with Gasteiger partial charge in [-0.2, -0.15) is 26.3 Å². The van der Waals surface area contributed by atoms with Crippen molar-refractivity contribution in [1.82, 2.24) is 0 Å². The van der Waals surface area contributed by atoms with Gasteiger partial charge in [0, 0.05) is 5.16 Å². The lowest BCUT2D eigenvalue weighted by Gasteiger charge is -2.15. The van der Waals surface area contributed by atoms with E-state index in [4.69, 9.17) is 0 Å². The Bertz CT molecular complexity index is 197. The molecule has 0 saturated heterocycles. The van der Waals surface area contributed by atoms with E-state index in [1.807, 2.05) is 0 Å². The van der Waals surface area contributed by atoms with Gasteiger partial charge in [-0.1, -0.05) is 0 Å². The van der Waals surface area contributed by atoms with Gasteiger partial charge in [-0.15, -0.1) is 0 Å². The van der Waals surface area contributed by atoms with Crippen LogP contribution >= 0.6 is 0 Å². The van der Waals surface area contributed by atoms with Crippen molar-refractivity contribution in [2.75, 3.05) is 0 Å². The molecule has 0 aliphatic carbocycles. The second-order valence-electron chi connectivity index (χ2n) is 2.74. The average Bonchev–Trinajstić information content (AvgIpc) is 1.78. The molecule has 0 heterocycles. The fourth-order valence-corrected chi connectivity index (χ4v) is 4.89.